The van der Waals surface area contributed by atoms with Crippen molar-refractivity contribution in [1.29, 1.82) is 0 Å². The van der Waals surface area contributed by atoms with Gasteiger partial charge in [0.1, 0.15) is 0 Å². The minimum atomic E-state index is 0.393. The lowest BCUT2D eigenvalue weighted by atomic mass is 10.0. The Morgan fingerprint density at radius 1 is 0.762 bits per heavy atom. The van der Waals surface area contributed by atoms with Crippen molar-refractivity contribution in [2.75, 3.05) is 13.1 Å². The van der Waals surface area contributed by atoms with Crippen molar-refractivity contribution in [3.8, 4) is 0 Å². The third kappa shape index (κ3) is 5.00. The van der Waals surface area contributed by atoms with Gasteiger partial charge in [0.05, 0.1) is 0 Å². The Kier molecular flexibility index (Phi) is 6.45. The average molecular weight is 282 g/mol. The first-order chi connectivity index (χ1) is 10.3. The summed E-state index contributed by atoms with van der Waals surface area (Å²) in [5, 5.41) is 7.20. The van der Waals surface area contributed by atoms with E-state index in [1.54, 1.807) is 0 Å². The molecule has 2 aromatic rings. The second-order valence-corrected chi connectivity index (χ2v) is 5.41. The molecule has 0 aromatic heterocycles. The first-order valence-electron chi connectivity index (χ1n) is 7.88. The number of hydrogen-bond acceptors (Lipinski definition) is 2. The van der Waals surface area contributed by atoms with Gasteiger partial charge in [0, 0.05) is 25.2 Å². The predicted molar refractivity (Wildman–Crippen MR) is 90.3 cm³/mol. The van der Waals surface area contributed by atoms with E-state index in [1.807, 2.05) is 0 Å². The zero-order valence-electron chi connectivity index (χ0n) is 13.0. The zero-order valence-corrected chi connectivity index (χ0v) is 13.0. The maximum absolute atomic E-state index is 3.63. The molecule has 0 saturated heterocycles. The average Bonchev–Trinajstić information content (AvgIpc) is 2.56. The van der Waals surface area contributed by atoms with Gasteiger partial charge in [0.2, 0.25) is 0 Å². The van der Waals surface area contributed by atoms with Gasteiger partial charge >= 0.3 is 0 Å². The Hall–Kier alpha value is -1.64. The van der Waals surface area contributed by atoms with E-state index in [-0.39, 0.29) is 0 Å². The van der Waals surface area contributed by atoms with Crippen LogP contribution in [0.25, 0.3) is 0 Å². The molecule has 2 rings (SSSR count). The van der Waals surface area contributed by atoms with Crippen LogP contribution in [0.3, 0.4) is 0 Å². The topological polar surface area (TPSA) is 24.1 Å². The second kappa shape index (κ2) is 8.60. The molecule has 0 saturated carbocycles. The minimum absolute atomic E-state index is 0.393. The largest absolute Gasteiger partial charge is 0.309 e. The van der Waals surface area contributed by atoms with E-state index in [4.69, 9.17) is 0 Å². The van der Waals surface area contributed by atoms with E-state index < -0.39 is 0 Å². The number of nitrogens with one attached hydrogen (secondary N) is 2. The van der Waals surface area contributed by atoms with Gasteiger partial charge in [0.15, 0.2) is 0 Å². The summed E-state index contributed by atoms with van der Waals surface area (Å²) in [5.74, 6) is 0. The van der Waals surface area contributed by atoms with Gasteiger partial charge in [-0.3, -0.25) is 0 Å². The first-order valence-corrected chi connectivity index (χ1v) is 7.88. The molecule has 0 aliphatic heterocycles. The Labute approximate surface area is 128 Å². The van der Waals surface area contributed by atoms with Gasteiger partial charge in [-0.05, 0) is 24.5 Å². The molecule has 2 nitrogen and oxygen atoms in total. The molecular weight excluding hydrogens is 256 g/mol. The van der Waals surface area contributed by atoms with Gasteiger partial charge in [0.25, 0.3) is 0 Å². The van der Waals surface area contributed by atoms with Crippen LogP contribution in [0.15, 0.2) is 60.7 Å². The molecule has 2 aromatic carbocycles. The fraction of sp³-hybridized carbons (Fsp3) is 0.368. The zero-order chi connectivity index (χ0) is 14.9. The van der Waals surface area contributed by atoms with Crippen molar-refractivity contribution in [3.63, 3.8) is 0 Å². The summed E-state index contributed by atoms with van der Waals surface area (Å²) in [5.41, 5.74) is 2.71. The number of benzene rings is 2. The highest BCUT2D eigenvalue weighted by Gasteiger charge is 2.08. The van der Waals surface area contributed by atoms with Crippen LogP contribution in [0.5, 0.6) is 0 Å². The highest BCUT2D eigenvalue weighted by molar-refractivity contribution is 5.19. The summed E-state index contributed by atoms with van der Waals surface area (Å²) >= 11 is 0. The van der Waals surface area contributed by atoms with Crippen LogP contribution < -0.4 is 10.6 Å². The minimum Gasteiger partial charge on any atom is -0.309 e. The first kappa shape index (κ1) is 15.7. The lowest BCUT2D eigenvalue weighted by Crippen LogP contribution is -2.31. The summed E-state index contributed by atoms with van der Waals surface area (Å²) < 4.78 is 0. The van der Waals surface area contributed by atoms with Crippen molar-refractivity contribution >= 4 is 0 Å². The molecule has 0 heterocycles. The summed E-state index contributed by atoms with van der Waals surface area (Å²) in [6.07, 6.45) is 1.11. The molecule has 0 radical (unpaired) electrons. The fourth-order valence-corrected chi connectivity index (χ4v) is 2.58. The van der Waals surface area contributed by atoms with Gasteiger partial charge < -0.3 is 10.6 Å². The van der Waals surface area contributed by atoms with Crippen LogP contribution >= 0.6 is 0 Å². The third-order valence-corrected chi connectivity index (χ3v) is 3.88. The molecule has 0 aliphatic carbocycles. The molecule has 0 aliphatic rings. The van der Waals surface area contributed by atoms with Crippen molar-refractivity contribution < 1.29 is 0 Å². The van der Waals surface area contributed by atoms with Crippen LogP contribution in [0.2, 0.25) is 0 Å². The van der Waals surface area contributed by atoms with Gasteiger partial charge in [-0.2, -0.15) is 0 Å². The lowest BCUT2D eigenvalue weighted by Gasteiger charge is -2.19. The van der Waals surface area contributed by atoms with Crippen LogP contribution in [0.4, 0.5) is 0 Å². The second-order valence-electron chi connectivity index (χ2n) is 5.41. The maximum atomic E-state index is 3.63. The van der Waals surface area contributed by atoms with Crippen LogP contribution in [0.1, 0.15) is 43.5 Å². The summed E-state index contributed by atoms with van der Waals surface area (Å²) in [4.78, 5) is 0. The molecule has 2 heteroatoms. The molecule has 2 N–H and O–H groups in total. The van der Waals surface area contributed by atoms with E-state index >= 15 is 0 Å². The summed E-state index contributed by atoms with van der Waals surface area (Å²) in [7, 11) is 0. The monoisotopic (exact) mass is 282 g/mol. The standard InChI is InChI=1S/C19H26N2/c1-3-19(18-12-8-5-9-13-18)21-15-14-20-16(2)17-10-6-4-7-11-17/h4-13,16,19-21H,3,14-15H2,1-2H3. The molecule has 0 amide bonds. The SMILES string of the molecule is CCC(NCCNC(C)c1ccccc1)c1ccccc1. The van der Waals surface area contributed by atoms with E-state index in [9.17, 15) is 0 Å². The highest BCUT2D eigenvalue weighted by atomic mass is 15.0. The molecule has 0 bridgehead atoms. The third-order valence-electron chi connectivity index (χ3n) is 3.88. The Bertz CT molecular complexity index is 495. The molecule has 0 spiro atoms. The lowest BCUT2D eigenvalue weighted by molar-refractivity contribution is 0.484. The van der Waals surface area contributed by atoms with Crippen LogP contribution in [-0.2, 0) is 0 Å². The Balaban J connectivity index is 1.74. The van der Waals surface area contributed by atoms with Crippen LogP contribution in [0, 0.1) is 0 Å². The Morgan fingerprint density at radius 3 is 1.86 bits per heavy atom. The smallest absolute Gasteiger partial charge is 0.0318 e. The van der Waals surface area contributed by atoms with E-state index in [1.165, 1.54) is 11.1 Å². The van der Waals surface area contributed by atoms with Crippen molar-refractivity contribution in [3.05, 3.63) is 71.8 Å². The molecule has 21 heavy (non-hydrogen) atoms. The van der Waals surface area contributed by atoms with Crippen molar-refractivity contribution in [1.82, 2.24) is 10.6 Å². The molecule has 112 valence electrons. The molecule has 0 fully saturated rings. The quantitative estimate of drug-likeness (QED) is 0.713. The van der Waals surface area contributed by atoms with Gasteiger partial charge in [-0.15, -0.1) is 0 Å². The summed E-state index contributed by atoms with van der Waals surface area (Å²) in [6, 6.07) is 22.1. The Morgan fingerprint density at radius 2 is 1.29 bits per heavy atom. The molecule has 2 atom stereocenters. The fourth-order valence-electron chi connectivity index (χ4n) is 2.58. The predicted octanol–water partition coefficient (Wildman–Crippen LogP) is 4.08. The molecule has 2 unspecified atom stereocenters. The van der Waals surface area contributed by atoms with Gasteiger partial charge in [-0.25, -0.2) is 0 Å². The van der Waals surface area contributed by atoms with E-state index in [0.29, 0.717) is 12.1 Å². The highest BCUT2D eigenvalue weighted by Crippen LogP contribution is 2.15. The van der Waals surface area contributed by atoms with Gasteiger partial charge in [-0.1, -0.05) is 67.6 Å². The van der Waals surface area contributed by atoms with Crippen molar-refractivity contribution in [2.24, 2.45) is 0 Å². The maximum Gasteiger partial charge on any atom is 0.0318 e. The number of hydrogen-bond donors (Lipinski definition) is 2. The molecular formula is C19H26N2. The van der Waals surface area contributed by atoms with E-state index in [2.05, 4.69) is 85.1 Å². The van der Waals surface area contributed by atoms with E-state index in [0.717, 1.165) is 19.5 Å². The van der Waals surface area contributed by atoms with Crippen LogP contribution in [-0.4, -0.2) is 13.1 Å². The van der Waals surface area contributed by atoms with Crippen molar-refractivity contribution in [2.45, 2.75) is 32.4 Å². The normalized spacial score (nSPS) is 13.8. The summed E-state index contributed by atoms with van der Waals surface area (Å²) in [6.45, 7) is 6.39. The number of rotatable bonds is 8.